The van der Waals surface area contributed by atoms with Crippen molar-refractivity contribution in [3.63, 3.8) is 0 Å². The van der Waals surface area contributed by atoms with Crippen molar-refractivity contribution in [2.24, 2.45) is 0 Å². The monoisotopic (exact) mass is 296 g/mol. The molecule has 1 N–H and O–H groups in total. The first kappa shape index (κ1) is 13.6. The maximum Gasteiger partial charge on any atom is 0.169 e. The van der Waals surface area contributed by atoms with Crippen molar-refractivity contribution in [3.8, 4) is 22.6 Å². The number of methoxy groups -OCH3 is 2. The van der Waals surface area contributed by atoms with Gasteiger partial charge in [-0.05, 0) is 22.8 Å². The SMILES string of the molecule is COc1cc2c3c(c1OC)-c1ccccc1C[C@H]3[NH+](C)CC2. The second kappa shape index (κ2) is 5.03. The highest BCUT2D eigenvalue weighted by Crippen LogP contribution is 2.49. The molecule has 1 aliphatic carbocycles. The third kappa shape index (κ3) is 1.78. The van der Waals surface area contributed by atoms with Crippen LogP contribution in [0.2, 0.25) is 0 Å². The smallest absolute Gasteiger partial charge is 0.169 e. The lowest BCUT2D eigenvalue weighted by Gasteiger charge is -2.38. The molecule has 0 saturated heterocycles. The van der Waals surface area contributed by atoms with Gasteiger partial charge in [-0.3, -0.25) is 0 Å². The number of benzene rings is 2. The number of rotatable bonds is 2. The zero-order valence-corrected chi connectivity index (χ0v) is 13.4. The van der Waals surface area contributed by atoms with Gasteiger partial charge in [0, 0.05) is 24.0 Å². The number of hydrogen-bond acceptors (Lipinski definition) is 2. The van der Waals surface area contributed by atoms with E-state index in [1.165, 1.54) is 34.4 Å². The van der Waals surface area contributed by atoms with Gasteiger partial charge in [-0.1, -0.05) is 24.3 Å². The first-order chi connectivity index (χ1) is 10.7. The Morgan fingerprint density at radius 1 is 1.09 bits per heavy atom. The topological polar surface area (TPSA) is 22.9 Å². The fourth-order valence-corrected chi connectivity index (χ4v) is 4.13. The average molecular weight is 296 g/mol. The summed E-state index contributed by atoms with van der Waals surface area (Å²) in [5.41, 5.74) is 6.87. The minimum absolute atomic E-state index is 0.522. The highest BCUT2D eigenvalue weighted by Gasteiger charge is 2.38. The van der Waals surface area contributed by atoms with Crippen LogP contribution in [0.15, 0.2) is 30.3 Å². The standard InChI is InChI=1S/C19H21NO2/c1-20-9-8-13-11-16(21-2)19(22-3)18-14-7-5-4-6-12(14)10-15(20)17(13)18/h4-7,11,15H,8-10H2,1-3H3/p+1/t15-/m1/s1. The molecule has 3 heteroatoms. The van der Waals surface area contributed by atoms with Gasteiger partial charge in [0.05, 0.1) is 27.8 Å². The average Bonchev–Trinajstić information content (AvgIpc) is 2.57. The Morgan fingerprint density at radius 3 is 2.68 bits per heavy atom. The number of fused-ring (bicyclic) bond motifs is 2. The van der Waals surface area contributed by atoms with Crippen molar-refractivity contribution in [1.29, 1.82) is 0 Å². The molecular weight excluding hydrogens is 274 g/mol. The third-order valence-electron chi connectivity index (χ3n) is 5.24. The van der Waals surface area contributed by atoms with Gasteiger partial charge < -0.3 is 14.4 Å². The van der Waals surface area contributed by atoms with Crippen LogP contribution in [-0.4, -0.2) is 27.8 Å². The minimum atomic E-state index is 0.522. The molecular formula is C19H22NO2+. The Morgan fingerprint density at radius 2 is 1.91 bits per heavy atom. The molecule has 0 bridgehead atoms. The van der Waals surface area contributed by atoms with E-state index in [1.54, 1.807) is 19.1 Å². The second-order valence-corrected chi connectivity index (χ2v) is 6.32. The van der Waals surface area contributed by atoms with E-state index >= 15 is 0 Å². The molecule has 3 nitrogen and oxygen atoms in total. The molecule has 0 radical (unpaired) electrons. The Labute approximate surface area is 131 Å². The van der Waals surface area contributed by atoms with E-state index in [1.807, 2.05) is 0 Å². The lowest BCUT2D eigenvalue weighted by molar-refractivity contribution is -0.914. The van der Waals surface area contributed by atoms with Crippen LogP contribution in [0.3, 0.4) is 0 Å². The van der Waals surface area contributed by atoms with Gasteiger partial charge in [-0.25, -0.2) is 0 Å². The van der Waals surface area contributed by atoms with Crippen LogP contribution in [0.25, 0.3) is 11.1 Å². The molecule has 2 atom stereocenters. The number of nitrogens with one attached hydrogen (secondary N) is 1. The lowest BCUT2D eigenvalue weighted by atomic mass is 9.76. The highest BCUT2D eigenvalue weighted by molar-refractivity contribution is 5.83. The van der Waals surface area contributed by atoms with Gasteiger partial charge in [0.25, 0.3) is 0 Å². The number of quaternary nitrogens is 1. The van der Waals surface area contributed by atoms with Gasteiger partial charge >= 0.3 is 0 Å². The summed E-state index contributed by atoms with van der Waals surface area (Å²) >= 11 is 0. The summed E-state index contributed by atoms with van der Waals surface area (Å²) in [5.74, 6) is 1.74. The van der Waals surface area contributed by atoms with Crippen molar-refractivity contribution in [2.45, 2.75) is 18.9 Å². The van der Waals surface area contributed by atoms with E-state index in [9.17, 15) is 0 Å². The minimum Gasteiger partial charge on any atom is -0.493 e. The van der Waals surface area contributed by atoms with Crippen LogP contribution in [0, 0.1) is 0 Å². The van der Waals surface area contributed by atoms with Gasteiger partial charge in [0.1, 0.15) is 6.04 Å². The number of hydrogen-bond donors (Lipinski definition) is 1. The summed E-state index contributed by atoms with van der Waals surface area (Å²) in [6.07, 6.45) is 2.21. The predicted molar refractivity (Wildman–Crippen MR) is 86.9 cm³/mol. The van der Waals surface area contributed by atoms with Gasteiger partial charge in [0.2, 0.25) is 0 Å². The van der Waals surface area contributed by atoms with Crippen molar-refractivity contribution >= 4 is 0 Å². The molecule has 4 rings (SSSR count). The van der Waals surface area contributed by atoms with Crippen molar-refractivity contribution in [3.05, 3.63) is 47.0 Å². The summed E-state index contributed by atoms with van der Waals surface area (Å²) in [6, 6.07) is 11.4. The molecule has 22 heavy (non-hydrogen) atoms. The Kier molecular flexibility index (Phi) is 3.12. The van der Waals surface area contributed by atoms with E-state index in [4.69, 9.17) is 9.47 Å². The van der Waals surface area contributed by atoms with Gasteiger partial charge in [0.15, 0.2) is 11.5 Å². The summed E-state index contributed by atoms with van der Waals surface area (Å²) in [5, 5.41) is 0. The molecule has 2 aliphatic rings. The van der Waals surface area contributed by atoms with Crippen LogP contribution in [0.5, 0.6) is 11.5 Å². The molecule has 1 heterocycles. The Hall–Kier alpha value is -2.00. The molecule has 0 spiro atoms. The maximum atomic E-state index is 5.76. The first-order valence-corrected chi connectivity index (χ1v) is 7.93. The van der Waals surface area contributed by atoms with E-state index in [0.717, 1.165) is 24.3 Å². The van der Waals surface area contributed by atoms with Gasteiger partial charge in [-0.2, -0.15) is 0 Å². The Balaban J connectivity index is 2.09. The zero-order chi connectivity index (χ0) is 15.3. The molecule has 0 saturated carbocycles. The van der Waals surface area contributed by atoms with Crippen molar-refractivity contribution in [1.82, 2.24) is 0 Å². The van der Waals surface area contributed by atoms with Crippen LogP contribution in [0.4, 0.5) is 0 Å². The van der Waals surface area contributed by atoms with Crippen molar-refractivity contribution < 1.29 is 14.4 Å². The Bertz CT molecular complexity index is 738. The van der Waals surface area contributed by atoms with Crippen LogP contribution in [-0.2, 0) is 12.8 Å². The molecule has 1 unspecified atom stereocenters. The van der Waals surface area contributed by atoms with E-state index in [0.29, 0.717) is 6.04 Å². The van der Waals surface area contributed by atoms with E-state index in [2.05, 4.69) is 37.4 Å². The van der Waals surface area contributed by atoms with Crippen molar-refractivity contribution in [2.75, 3.05) is 27.8 Å². The number of likely N-dealkylation sites (N-methyl/N-ethyl adjacent to an activating group) is 1. The fourth-order valence-electron chi connectivity index (χ4n) is 4.13. The molecule has 1 aliphatic heterocycles. The van der Waals surface area contributed by atoms with Crippen LogP contribution < -0.4 is 14.4 Å². The zero-order valence-electron chi connectivity index (χ0n) is 13.4. The molecule has 114 valence electrons. The second-order valence-electron chi connectivity index (χ2n) is 6.32. The lowest BCUT2D eigenvalue weighted by Crippen LogP contribution is -3.10. The normalized spacial score (nSPS) is 21.8. The van der Waals surface area contributed by atoms with Gasteiger partial charge in [-0.15, -0.1) is 0 Å². The van der Waals surface area contributed by atoms with Crippen LogP contribution >= 0.6 is 0 Å². The summed E-state index contributed by atoms with van der Waals surface area (Å²) in [4.78, 5) is 1.59. The maximum absolute atomic E-state index is 5.76. The molecule has 2 aromatic carbocycles. The molecule has 0 amide bonds. The molecule has 2 aromatic rings. The largest absolute Gasteiger partial charge is 0.493 e. The third-order valence-corrected chi connectivity index (χ3v) is 5.24. The fraction of sp³-hybridized carbons (Fsp3) is 0.368. The molecule has 0 fully saturated rings. The quantitative estimate of drug-likeness (QED) is 0.916. The van der Waals surface area contributed by atoms with E-state index < -0.39 is 0 Å². The first-order valence-electron chi connectivity index (χ1n) is 7.93. The summed E-state index contributed by atoms with van der Waals surface area (Å²) in [7, 11) is 5.78. The summed E-state index contributed by atoms with van der Waals surface area (Å²) in [6.45, 7) is 1.18. The highest BCUT2D eigenvalue weighted by atomic mass is 16.5. The molecule has 0 aromatic heterocycles. The predicted octanol–water partition coefficient (Wildman–Crippen LogP) is 2.04. The van der Waals surface area contributed by atoms with Crippen LogP contribution in [0.1, 0.15) is 22.7 Å². The van der Waals surface area contributed by atoms with E-state index in [-0.39, 0.29) is 0 Å². The number of ether oxygens (including phenoxy) is 2. The summed E-state index contributed by atoms with van der Waals surface area (Å²) < 4.78 is 11.4.